The second kappa shape index (κ2) is 8.19. The molecule has 0 unspecified atom stereocenters. The SMILES string of the molecule is CCNCc1cncc(-c2cnc3[nH]nc(-c4nc5c(-c6ccsc6)ccnc5[nH]4)c3c2)c1. The summed E-state index contributed by atoms with van der Waals surface area (Å²) in [5.41, 5.74) is 8.27. The van der Waals surface area contributed by atoms with Crippen molar-refractivity contribution in [2.24, 2.45) is 0 Å². The number of aromatic amines is 2. The van der Waals surface area contributed by atoms with Gasteiger partial charge in [-0.25, -0.2) is 15.0 Å². The van der Waals surface area contributed by atoms with Gasteiger partial charge in [-0.1, -0.05) is 6.92 Å². The Balaban J connectivity index is 1.44. The minimum Gasteiger partial charge on any atom is -0.321 e. The van der Waals surface area contributed by atoms with Crippen molar-refractivity contribution in [2.75, 3.05) is 6.54 Å². The molecule has 3 N–H and O–H groups in total. The number of rotatable bonds is 6. The van der Waals surface area contributed by atoms with E-state index >= 15 is 0 Å². The fourth-order valence-electron chi connectivity index (χ4n) is 3.93. The molecule has 0 aliphatic rings. The predicted molar refractivity (Wildman–Crippen MR) is 131 cm³/mol. The van der Waals surface area contributed by atoms with E-state index < -0.39 is 0 Å². The summed E-state index contributed by atoms with van der Waals surface area (Å²) < 4.78 is 0. The lowest BCUT2D eigenvalue weighted by Gasteiger charge is -2.05. The number of hydrogen-bond donors (Lipinski definition) is 3. The van der Waals surface area contributed by atoms with Crippen molar-refractivity contribution >= 4 is 33.5 Å². The van der Waals surface area contributed by atoms with E-state index in [9.17, 15) is 0 Å². The Labute approximate surface area is 193 Å². The maximum atomic E-state index is 4.87. The molecule has 0 radical (unpaired) electrons. The summed E-state index contributed by atoms with van der Waals surface area (Å²) in [6, 6.07) is 8.29. The Bertz CT molecular complexity index is 1560. The molecule has 0 spiro atoms. The van der Waals surface area contributed by atoms with Gasteiger partial charge in [-0.2, -0.15) is 16.4 Å². The lowest BCUT2D eigenvalue weighted by atomic mass is 10.1. The topological polar surface area (TPSA) is 108 Å². The van der Waals surface area contributed by atoms with Gasteiger partial charge in [0.15, 0.2) is 17.1 Å². The van der Waals surface area contributed by atoms with Gasteiger partial charge in [0.2, 0.25) is 0 Å². The summed E-state index contributed by atoms with van der Waals surface area (Å²) in [5.74, 6) is 0.657. The van der Waals surface area contributed by atoms with Crippen LogP contribution in [0.15, 0.2) is 59.8 Å². The molecule has 0 saturated heterocycles. The molecule has 0 bridgehead atoms. The number of imidazole rings is 1. The molecular weight excluding hydrogens is 432 g/mol. The summed E-state index contributed by atoms with van der Waals surface area (Å²) >= 11 is 1.66. The van der Waals surface area contributed by atoms with Crippen LogP contribution in [-0.4, -0.2) is 41.7 Å². The Kier molecular flexibility index (Phi) is 4.89. The van der Waals surface area contributed by atoms with E-state index in [1.54, 1.807) is 17.5 Å². The number of nitrogens with zero attached hydrogens (tertiary/aromatic N) is 5. The van der Waals surface area contributed by atoms with Crippen LogP contribution in [0, 0.1) is 0 Å². The van der Waals surface area contributed by atoms with Crippen LogP contribution in [0.25, 0.3) is 56.0 Å². The first-order chi connectivity index (χ1) is 16.3. The first-order valence-electron chi connectivity index (χ1n) is 10.7. The van der Waals surface area contributed by atoms with E-state index in [2.05, 4.69) is 71.3 Å². The molecule has 162 valence electrons. The standard InChI is InChI=1S/C24H20N8S/c1-2-25-9-14-7-16(11-26-10-14)17-8-19-21(31-32-22(19)28-12-17)24-29-20-18(15-4-6-33-13-15)3-5-27-23(20)30-24/h3-8,10-13,25H,2,9H2,1H3,(H,27,29,30)(H,28,31,32). The molecule has 6 aromatic rings. The normalized spacial score (nSPS) is 11.5. The van der Waals surface area contributed by atoms with Gasteiger partial charge in [-0.05, 0) is 52.7 Å². The highest BCUT2D eigenvalue weighted by Crippen LogP contribution is 2.32. The number of hydrogen-bond acceptors (Lipinski definition) is 7. The first-order valence-corrected chi connectivity index (χ1v) is 11.6. The predicted octanol–water partition coefficient (Wildman–Crippen LogP) is 4.80. The van der Waals surface area contributed by atoms with Gasteiger partial charge in [0, 0.05) is 48.0 Å². The van der Waals surface area contributed by atoms with Crippen LogP contribution in [-0.2, 0) is 6.54 Å². The van der Waals surface area contributed by atoms with Crippen molar-refractivity contribution < 1.29 is 0 Å². The zero-order chi connectivity index (χ0) is 22.2. The van der Waals surface area contributed by atoms with Gasteiger partial charge in [0.25, 0.3) is 0 Å². The highest BCUT2D eigenvalue weighted by atomic mass is 32.1. The summed E-state index contributed by atoms with van der Waals surface area (Å²) in [7, 11) is 0. The van der Waals surface area contributed by atoms with Crippen LogP contribution in [0.1, 0.15) is 12.5 Å². The van der Waals surface area contributed by atoms with Gasteiger partial charge in [0.05, 0.1) is 5.39 Å². The van der Waals surface area contributed by atoms with Gasteiger partial charge in [-0.3, -0.25) is 10.1 Å². The number of thiophene rings is 1. The summed E-state index contributed by atoms with van der Waals surface area (Å²) in [6.45, 7) is 3.78. The minimum atomic E-state index is 0.657. The summed E-state index contributed by atoms with van der Waals surface area (Å²) in [5, 5.41) is 15.9. The molecule has 33 heavy (non-hydrogen) atoms. The van der Waals surface area contributed by atoms with Crippen molar-refractivity contribution in [1.29, 1.82) is 0 Å². The Morgan fingerprint density at radius 2 is 1.94 bits per heavy atom. The van der Waals surface area contributed by atoms with E-state index in [-0.39, 0.29) is 0 Å². The molecule has 0 aliphatic carbocycles. The van der Waals surface area contributed by atoms with Crippen LogP contribution in [0.3, 0.4) is 0 Å². The average molecular weight is 453 g/mol. The van der Waals surface area contributed by atoms with Crippen LogP contribution in [0.2, 0.25) is 0 Å². The molecule has 6 rings (SSSR count). The van der Waals surface area contributed by atoms with Gasteiger partial charge in [0.1, 0.15) is 11.2 Å². The third kappa shape index (κ3) is 3.57. The zero-order valence-electron chi connectivity index (χ0n) is 17.8. The molecular formula is C24H20N8S. The van der Waals surface area contributed by atoms with Gasteiger partial charge in [-0.15, -0.1) is 0 Å². The first kappa shape index (κ1) is 19.7. The Morgan fingerprint density at radius 3 is 2.82 bits per heavy atom. The Hall–Kier alpha value is -3.95. The molecule has 9 heteroatoms. The quantitative estimate of drug-likeness (QED) is 0.335. The molecule has 0 saturated carbocycles. The van der Waals surface area contributed by atoms with E-state index in [0.717, 1.165) is 57.5 Å². The van der Waals surface area contributed by atoms with E-state index in [1.165, 1.54) is 0 Å². The van der Waals surface area contributed by atoms with Crippen molar-refractivity contribution in [3.63, 3.8) is 0 Å². The van der Waals surface area contributed by atoms with Crippen LogP contribution < -0.4 is 5.32 Å². The van der Waals surface area contributed by atoms with Gasteiger partial charge >= 0.3 is 0 Å². The monoisotopic (exact) mass is 452 g/mol. The maximum absolute atomic E-state index is 4.87. The van der Waals surface area contributed by atoms with Crippen molar-refractivity contribution in [2.45, 2.75) is 13.5 Å². The van der Waals surface area contributed by atoms with Gasteiger partial charge < -0.3 is 10.3 Å². The lowest BCUT2D eigenvalue weighted by molar-refractivity contribution is 0.724. The highest BCUT2D eigenvalue weighted by molar-refractivity contribution is 7.08. The molecule has 0 amide bonds. The van der Waals surface area contributed by atoms with E-state index in [4.69, 9.17) is 4.98 Å². The number of nitrogens with one attached hydrogen (secondary N) is 3. The van der Waals surface area contributed by atoms with Crippen LogP contribution >= 0.6 is 11.3 Å². The minimum absolute atomic E-state index is 0.657. The van der Waals surface area contributed by atoms with Crippen molar-refractivity contribution in [3.05, 3.63) is 65.4 Å². The smallest absolute Gasteiger partial charge is 0.161 e. The average Bonchev–Trinajstić information content (AvgIpc) is 3.61. The lowest BCUT2D eigenvalue weighted by Crippen LogP contribution is -2.11. The van der Waals surface area contributed by atoms with E-state index in [1.807, 2.05) is 24.7 Å². The third-order valence-corrected chi connectivity index (χ3v) is 6.25. The molecule has 6 heterocycles. The highest BCUT2D eigenvalue weighted by Gasteiger charge is 2.17. The van der Waals surface area contributed by atoms with Crippen LogP contribution in [0.4, 0.5) is 0 Å². The second-order valence-corrected chi connectivity index (χ2v) is 8.49. The zero-order valence-corrected chi connectivity index (χ0v) is 18.6. The maximum Gasteiger partial charge on any atom is 0.161 e. The second-order valence-electron chi connectivity index (χ2n) is 7.71. The number of fused-ring (bicyclic) bond motifs is 2. The number of pyridine rings is 3. The fraction of sp³-hybridized carbons (Fsp3) is 0.125. The number of H-pyrrole nitrogens is 2. The third-order valence-electron chi connectivity index (χ3n) is 5.56. The summed E-state index contributed by atoms with van der Waals surface area (Å²) in [6.07, 6.45) is 7.38. The molecule has 8 nitrogen and oxygen atoms in total. The molecule has 0 atom stereocenters. The largest absolute Gasteiger partial charge is 0.321 e. The number of aromatic nitrogens is 7. The van der Waals surface area contributed by atoms with E-state index in [0.29, 0.717) is 17.2 Å². The molecule has 0 aromatic carbocycles. The van der Waals surface area contributed by atoms with Crippen molar-refractivity contribution in [1.82, 2.24) is 40.4 Å². The van der Waals surface area contributed by atoms with Crippen molar-refractivity contribution in [3.8, 4) is 33.8 Å². The molecule has 6 aromatic heterocycles. The van der Waals surface area contributed by atoms with Crippen LogP contribution in [0.5, 0.6) is 0 Å². The molecule has 0 fully saturated rings. The molecule has 0 aliphatic heterocycles. The Morgan fingerprint density at radius 1 is 1.00 bits per heavy atom. The fourth-order valence-corrected chi connectivity index (χ4v) is 4.58. The summed E-state index contributed by atoms with van der Waals surface area (Å²) in [4.78, 5) is 21.7.